The number of para-hydroxylation sites is 2. The van der Waals surface area contributed by atoms with E-state index >= 15 is 0 Å². The molecule has 156 valence electrons. The molecule has 1 aliphatic rings. The third-order valence-electron chi connectivity index (χ3n) is 4.78. The van der Waals surface area contributed by atoms with E-state index in [1.54, 1.807) is 0 Å². The van der Waals surface area contributed by atoms with E-state index in [0.29, 0.717) is 43.0 Å². The van der Waals surface area contributed by atoms with Crippen molar-refractivity contribution in [3.63, 3.8) is 0 Å². The number of thioether (sulfide) groups is 1. The predicted octanol–water partition coefficient (Wildman–Crippen LogP) is 3.36. The maximum atomic E-state index is 12.6. The Morgan fingerprint density at radius 2 is 1.73 bits per heavy atom. The first-order chi connectivity index (χ1) is 14.7. The van der Waals surface area contributed by atoms with Crippen LogP contribution >= 0.6 is 11.8 Å². The normalized spacial score (nSPS) is 15.0. The van der Waals surface area contributed by atoms with Crippen molar-refractivity contribution >= 4 is 17.7 Å². The molecular weight excluding hydrogens is 400 g/mol. The van der Waals surface area contributed by atoms with Crippen LogP contribution in [0.4, 0.5) is 0 Å². The minimum atomic E-state index is -0.315. The Hall–Kier alpha value is -2.84. The molecule has 0 radical (unpaired) electrons. The fourth-order valence-electron chi connectivity index (χ4n) is 3.24. The molecule has 3 aromatic rings. The molecule has 0 spiro atoms. The molecule has 2 heterocycles. The van der Waals surface area contributed by atoms with Gasteiger partial charge in [-0.1, -0.05) is 48.2 Å². The molecule has 1 atom stereocenters. The average molecular weight is 425 g/mol. The fourth-order valence-corrected chi connectivity index (χ4v) is 4.11. The fraction of sp³-hybridized carbons (Fsp3) is 0.318. The molecular formula is C22H24N4O3S. The number of ether oxygens (including phenoxy) is 2. The van der Waals surface area contributed by atoms with Gasteiger partial charge in [0.05, 0.1) is 19.0 Å². The molecule has 1 fully saturated rings. The van der Waals surface area contributed by atoms with Gasteiger partial charge in [0.1, 0.15) is 5.75 Å². The van der Waals surface area contributed by atoms with E-state index < -0.39 is 0 Å². The van der Waals surface area contributed by atoms with E-state index in [0.717, 1.165) is 11.4 Å². The lowest BCUT2D eigenvalue weighted by Crippen LogP contribution is -2.41. The quantitative estimate of drug-likeness (QED) is 0.542. The lowest BCUT2D eigenvalue weighted by Gasteiger charge is -2.26. The van der Waals surface area contributed by atoms with E-state index in [-0.39, 0.29) is 12.0 Å². The van der Waals surface area contributed by atoms with E-state index in [2.05, 4.69) is 10.2 Å². The third-order valence-corrected chi connectivity index (χ3v) is 5.69. The lowest BCUT2D eigenvalue weighted by molar-refractivity contribution is -0.132. The van der Waals surface area contributed by atoms with Gasteiger partial charge in [-0.05, 0) is 31.2 Å². The maximum absolute atomic E-state index is 12.6. The van der Waals surface area contributed by atoms with Gasteiger partial charge in [-0.15, -0.1) is 10.2 Å². The second-order valence-corrected chi connectivity index (χ2v) is 7.81. The maximum Gasteiger partial charge on any atom is 0.233 e. The number of carbonyl (C=O) groups is 1. The largest absolute Gasteiger partial charge is 0.483 e. The summed E-state index contributed by atoms with van der Waals surface area (Å²) < 4.78 is 13.4. The highest BCUT2D eigenvalue weighted by atomic mass is 32.2. The number of hydrogen-bond acceptors (Lipinski definition) is 6. The van der Waals surface area contributed by atoms with Gasteiger partial charge in [-0.3, -0.25) is 9.36 Å². The van der Waals surface area contributed by atoms with Crippen LogP contribution in [-0.4, -0.2) is 57.6 Å². The molecule has 0 aliphatic carbocycles. The Bertz CT molecular complexity index is 959. The number of nitrogens with zero attached hydrogens (tertiary/aromatic N) is 4. The summed E-state index contributed by atoms with van der Waals surface area (Å²) in [6.07, 6.45) is -0.315. The molecule has 1 amide bonds. The van der Waals surface area contributed by atoms with Crippen molar-refractivity contribution in [3.05, 3.63) is 66.5 Å². The van der Waals surface area contributed by atoms with Crippen LogP contribution < -0.4 is 4.74 Å². The molecule has 8 heteroatoms. The molecule has 0 bridgehead atoms. The molecule has 1 aliphatic heterocycles. The molecule has 0 saturated carbocycles. The SMILES string of the molecule is C[C@@H](Oc1ccccc1)c1nnc(SCC(=O)N2CCOCC2)n1-c1ccccc1. The highest BCUT2D eigenvalue weighted by molar-refractivity contribution is 7.99. The summed E-state index contributed by atoms with van der Waals surface area (Å²) in [6.45, 7) is 4.41. The predicted molar refractivity (Wildman–Crippen MR) is 115 cm³/mol. The minimum Gasteiger partial charge on any atom is -0.483 e. The van der Waals surface area contributed by atoms with E-state index in [1.165, 1.54) is 11.8 Å². The van der Waals surface area contributed by atoms with Crippen LogP contribution in [0.1, 0.15) is 18.9 Å². The van der Waals surface area contributed by atoms with Gasteiger partial charge >= 0.3 is 0 Å². The Labute approximate surface area is 180 Å². The molecule has 7 nitrogen and oxygen atoms in total. The Morgan fingerprint density at radius 3 is 2.43 bits per heavy atom. The molecule has 0 unspecified atom stereocenters. The summed E-state index contributed by atoms with van der Waals surface area (Å²) in [7, 11) is 0. The first-order valence-electron chi connectivity index (χ1n) is 9.93. The Balaban J connectivity index is 1.55. The van der Waals surface area contributed by atoms with Crippen LogP contribution in [0, 0.1) is 0 Å². The highest BCUT2D eigenvalue weighted by Crippen LogP contribution is 2.28. The first kappa shape index (κ1) is 20.4. The Kier molecular flexibility index (Phi) is 6.66. The number of carbonyl (C=O) groups excluding carboxylic acids is 1. The summed E-state index contributed by atoms with van der Waals surface area (Å²) in [5.74, 6) is 1.84. The van der Waals surface area contributed by atoms with Gasteiger partial charge in [0.25, 0.3) is 0 Å². The van der Waals surface area contributed by atoms with Crippen molar-refractivity contribution < 1.29 is 14.3 Å². The molecule has 2 aromatic carbocycles. The lowest BCUT2D eigenvalue weighted by atomic mass is 10.3. The second kappa shape index (κ2) is 9.77. The zero-order valence-corrected chi connectivity index (χ0v) is 17.6. The number of benzene rings is 2. The number of aromatic nitrogens is 3. The Morgan fingerprint density at radius 1 is 1.07 bits per heavy atom. The van der Waals surface area contributed by atoms with Crippen LogP contribution in [0.15, 0.2) is 65.8 Å². The second-order valence-electron chi connectivity index (χ2n) is 6.87. The number of hydrogen-bond donors (Lipinski definition) is 0. The van der Waals surface area contributed by atoms with E-state index in [9.17, 15) is 4.79 Å². The van der Waals surface area contributed by atoms with Gasteiger partial charge in [0.2, 0.25) is 5.91 Å². The third kappa shape index (κ3) is 4.83. The van der Waals surface area contributed by atoms with Crippen molar-refractivity contribution in [2.45, 2.75) is 18.2 Å². The van der Waals surface area contributed by atoms with Crippen LogP contribution in [0.3, 0.4) is 0 Å². The van der Waals surface area contributed by atoms with Crippen molar-refractivity contribution in [2.75, 3.05) is 32.1 Å². The van der Waals surface area contributed by atoms with Crippen LogP contribution in [0.25, 0.3) is 5.69 Å². The molecule has 30 heavy (non-hydrogen) atoms. The van der Waals surface area contributed by atoms with Crippen molar-refractivity contribution in [3.8, 4) is 11.4 Å². The van der Waals surface area contributed by atoms with Crippen molar-refractivity contribution in [1.82, 2.24) is 19.7 Å². The van der Waals surface area contributed by atoms with E-state index in [1.807, 2.05) is 77.1 Å². The average Bonchev–Trinajstić information content (AvgIpc) is 3.23. The van der Waals surface area contributed by atoms with Crippen LogP contribution in [0.5, 0.6) is 5.75 Å². The minimum absolute atomic E-state index is 0.0843. The standard InChI is InChI=1S/C22H24N4O3S/c1-17(29-19-10-6-3-7-11-19)21-23-24-22(26(21)18-8-4-2-5-9-18)30-16-20(27)25-12-14-28-15-13-25/h2-11,17H,12-16H2,1H3/t17-/m1/s1. The molecule has 4 rings (SSSR count). The summed E-state index contributed by atoms with van der Waals surface area (Å²) >= 11 is 1.39. The van der Waals surface area contributed by atoms with E-state index in [4.69, 9.17) is 9.47 Å². The van der Waals surface area contributed by atoms with Crippen LogP contribution in [-0.2, 0) is 9.53 Å². The summed E-state index contributed by atoms with van der Waals surface area (Å²) in [5.41, 5.74) is 0.933. The monoisotopic (exact) mass is 424 g/mol. The zero-order chi connectivity index (χ0) is 20.8. The van der Waals surface area contributed by atoms with Gasteiger partial charge in [0, 0.05) is 18.8 Å². The highest BCUT2D eigenvalue weighted by Gasteiger charge is 2.23. The van der Waals surface area contributed by atoms with Gasteiger partial charge in [0.15, 0.2) is 17.1 Å². The number of morpholine rings is 1. The number of rotatable bonds is 7. The zero-order valence-electron chi connectivity index (χ0n) is 16.8. The summed E-state index contributed by atoms with van der Waals surface area (Å²) in [5, 5.41) is 9.44. The van der Waals surface area contributed by atoms with Gasteiger partial charge < -0.3 is 14.4 Å². The van der Waals surface area contributed by atoms with Gasteiger partial charge in [-0.25, -0.2) is 0 Å². The van der Waals surface area contributed by atoms with Gasteiger partial charge in [-0.2, -0.15) is 0 Å². The molecule has 1 saturated heterocycles. The molecule has 0 N–H and O–H groups in total. The topological polar surface area (TPSA) is 69.5 Å². The first-order valence-corrected chi connectivity index (χ1v) is 10.9. The van der Waals surface area contributed by atoms with Crippen molar-refractivity contribution in [2.24, 2.45) is 0 Å². The number of amides is 1. The molecule has 1 aromatic heterocycles. The summed E-state index contributed by atoms with van der Waals surface area (Å²) in [4.78, 5) is 14.4. The smallest absolute Gasteiger partial charge is 0.233 e. The van der Waals surface area contributed by atoms with Crippen LogP contribution in [0.2, 0.25) is 0 Å². The van der Waals surface area contributed by atoms with Crippen molar-refractivity contribution in [1.29, 1.82) is 0 Å². The summed E-state index contributed by atoms with van der Waals surface area (Å²) in [6, 6.07) is 19.5.